The molecular weight excluding hydrogens is 321 g/mol. The lowest BCUT2D eigenvalue weighted by molar-refractivity contribution is 0.0707. The SMILES string of the molecule is COc1cn2ncc(I)c2nc1C(C)(C)O. The molecule has 0 amide bonds. The lowest BCUT2D eigenvalue weighted by Crippen LogP contribution is -2.19. The minimum atomic E-state index is -1.04. The first-order valence-electron chi connectivity index (χ1n) is 4.74. The topological polar surface area (TPSA) is 59.7 Å². The van der Waals surface area contributed by atoms with Crippen molar-refractivity contribution >= 4 is 28.2 Å². The number of hydrogen-bond donors (Lipinski definition) is 1. The number of nitrogens with zero attached hydrogens (tertiary/aromatic N) is 3. The number of ether oxygens (including phenoxy) is 1. The van der Waals surface area contributed by atoms with Crippen molar-refractivity contribution in [2.24, 2.45) is 0 Å². The maximum atomic E-state index is 10.0. The highest BCUT2D eigenvalue weighted by atomic mass is 127. The Labute approximate surface area is 107 Å². The number of halogens is 1. The van der Waals surface area contributed by atoms with Gasteiger partial charge in [0, 0.05) is 0 Å². The van der Waals surface area contributed by atoms with Gasteiger partial charge in [-0.05, 0) is 36.4 Å². The third-order valence-corrected chi connectivity index (χ3v) is 2.98. The Hall–Kier alpha value is -0.890. The second-order valence-electron chi connectivity index (χ2n) is 3.98. The summed E-state index contributed by atoms with van der Waals surface area (Å²) in [7, 11) is 1.55. The molecule has 0 radical (unpaired) electrons. The number of rotatable bonds is 2. The molecule has 0 atom stereocenters. The van der Waals surface area contributed by atoms with Gasteiger partial charge in [-0.2, -0.15) is 5.10 Å². The Kier molecular flexibility index (Phi) is 2.79. The number of hydrogen-bond acceptors (Lipinski definition) is 4. The van der Waals surface area contributed by atoms with Gasteiger partial charge in [0.1, 0.15) is 11.3 Å². The van der Waals surface area contributed by atoms with Crippen LogP contribution in [0.25, 0.3) is 5.65 Å². The zero-order chi connectivity index (χ0) is 11.9. The van der Waals surface area contributed by atoms with Crippen LogP contribution in [0.5, 0.6) is 5.75 Å². The second-order valence-corrected chi connectivity index (χ2v) is 5.14. The molecule has 0 saturated heterocycles. The number of methoxy groups -OCH3 is 1. The van der Waals surface area contributed by atoms with Gasteiger partial charge in [-0.15, -0.1) is 0 Å². The van der Waals surface area contributed by atoms with Crippen LogP contribution in [0.3, 0.4) is 0 Å². The third-order valence-electron chi connectivity index (χ3n) is 2.22. The standard InChI is InChI=1S/C10H12IN3O2/c1-10(2,15)8-7(16-3)5-14-9(13-8)6(11)4-12-14/h4-5,15H,1-3H3. The maximum absolute atomic E-state index is 10.0. The first-order chi connectivity index (χ1) is 7.43. The Morgan fingerprint density at radius 1 is 1.50 bits per heavy atom. The van der Waals surface area contributed by atoms with Crippen molar-refractivity contribution < 1.29 is 9.84 Å². The van der Waals surface area contributed by atoms with E-state index < -0.39 is 5.60 Å². The predicted molar refractivity (Wildman–Crippen MR) is 67.5 cm³/mol. The normalized spacial score (nSPS) is 12.1. The van der Waals surface area contributed by atoms with Crippen LogP contribution in [-0.2, 0) is 5.60 Å². The summed E-state index contributed by atoms with van der Waals surface area (Å²) in [5, 5.41) is 14.1. The molecule has 16 heavy (non-hydrogen) atoms. The highest BCUT2D eigenvalue weighted by Gasteiger charge is 2.24. The Morgan fingerprint density at radius 3 is 2.75 bits per heavy atom. The highest BCUT2D eigenvalue weighted by molar-refractivity contribution is 14.1. The Balaban J connectivity index is 2.75. The van der Waals surface area contributed by atoms with Gasteiger partial charge in [-0.3, -0.25) is 0 Å². The first kappa shape index (κ1) is 11.6. The van der Waals surface area contributed by atoms with Crippen molar-refractivity contribution in [3.05, 3.63) is 21.7 Å². The number of aromatic nitrogens is 3. The van der Waals surface area contributed by atoms with E-state index in [9.17, 15) is 5.11 Å². The third kappa shape index (κ3) is 1.86. The zero-order valence-electron chi connectivity index (χ0n) is 9.23. The molecular formula is C10H12IN3O2. The molecule has 0 bridgehead atoms. The van der Waals surface area contributed by atoms with Gasteiger partial charge in [0.05, 0.1) is 23.1 Å². The van der Waals surface area contributed by atoms with E-state index in [-0.39, 0.29) is 0 Å². The summed E-state index contributed by atoms with van der Waals surface area (Å²) in [6.45, 7) is 3.36. The molecule has 0 aromatic carbocycles. The van der Waals surface area contributed by atoms with E-state index in [2.05, 4.69) is 32.7 Å². The molecule has 5 nitrogen and oxygen atoms in total. The fraction of sp³-hybridized carbons (Fsp3) is 0.400. The highest BCUT2D eigenvalue weighted by Crippen LogP contribution is 2.28. The number of aliphatic hydroxyl groups is 1. The summed E-state index contributed by atoms with van der Waals surface area (Å²) in [6.07, 6.45) is 3.44. The fourth-order valence-corrected chi connectivity index (χ4v) is 1.95. The molecule has 0 spiro atoms. The van der Waals surface area contributed by atoms with Crippen molar-refractivity contribution in [3.63, 3.8) is 0 Å². The van der Waals surface area contributed by atoms with Gasteiger partial charge >= 0.3 is 0 Å². The predicted octanol–water partition coefficient (Wildman–Crippen LogP) is 1.57. The number of fused-ring (bicyclic) bond motifs is 1. The molecule has 0 fully saturated rings. The minimum Gasteiger partial charge on any atom is -0.493 e. The molecule has 1 N–H and O–H groups in total. The van der Waals surface area contributed by atoms with Crippen LogP contribution in [0.4, 0.5) is 0 Å². The van der Waals surface area contributed by atoms with E-state index in [1.165, 1.54) is 0 Å². The van der Waals surface area contributed by atoms with Crippen molar-refractivity contribution in [1.82, 2.24) is 14.6 Å². The van der Waals surface area contributed by atoms with Crippen LogP contribution < -0.4 is 4.74 Å². The molecule has 0 unspecified atom stereocenters. The van der Waals surface area contributed by atoms with Gasteiger partial charge in [0.15, 0.2) is 11.4 Å². The molecule has 6 heteroatoms. The molecule has 0 aliphatic rings. The van der Waals surface area contributed by atoms with Crippen LogP contribution in [0.2, 0.25) is 0 Å². The van der Waals surface area contributed by atoms with Crippen molar-refractivity contribution in [2.45, 2.75) is 19.4 Å². The smallest absolute Gasteiger partial charge is 0.169 e. The summed E-state index contributed by atoms with van der Waals surface area (Å²) in [6, 6.07) is 0. The van der Waals surface area contributed by atoms with Gasteiger partial charge in [-0.25, -0.2) is 9.50 Å². The Morgan fingerprint density at radius 2 is 2.19 bits per heavy atom. The molecule has 86 valence electrons. The van der Waals surface area contributed by atoms with E-state index >= 15 is 0 Å². The van der Waals surface area contributed by atoms with Crippen molar-refractivity contribution in [2.75, 3.05) is 7.11 Å². The molecule has 0 aliphatic heterocycles. The molecule has 0 saturated carbocycles. The lowest BCUT2D eigenvalue weighted by Gasteiger charge is -2.19. The van der Waals surface area contributed by atoms with E-state index in [4.69, 9.17) is 4.74 Å². The van der Waals surface area contributed by atoms with Crippen molar-refractivity contribution in [1.29, 1.82) is 0 Å². The summed E-state index contributed by atoms with van der Waals surface area (Å²) >= 11 is 2.15. The van der Waals surface area contributed by atoms with E-state index in [0.29, 0.717) is 11.4 Å². The Bertz CT molecular complexity index is 531. The van der Waals surface area contributed by atoms with E-state index in [1.807, 2.05) is 0 Å². The summed E-state index contributed by atoms with van der Waals surface area (Å²) in [4.78, 5) is 4.39. The second kappa shape index (κ2) is 3.85. The van der Waals surface area contributed by atoms with Crippen molar-refractivity contribution in [3.8, 4) is 5.75 Å². The summed E-state index contributed by atoms with van der Waals surface area (Å²) in [5.41, 5.74) is 0.194. The average Bonchev–Trinajstić information content (AvgIpc) is 2.57. The van der Waals surface area contributed by atoms with E-state index in [0.717, 1.165) is 9.22 Å². The molecule has 0 aliphatic carbocycles. The largest absolute Gasteiger partial charge is 0.493 e. The van der Waals surface area contributed by atoms with Gasteiger partial charge in [-0.1, -0.05) is 0 Å². The molecule has 2 heterocycles. The van der Waals surface area contributed by atoms with Crippen LogP contribution >= 0.6 is 22.6 Å². The monoisotopic (exact) mass is 333 g/mol. The van der Waals surface area contributed by atoms with Gasteiger partial charge < -0.3 is 9.84 Å². The summed E-state index contributed by atoms with van der Waals surface area (Å²) in [5.74, 6) is 0.527. The summed E-state index contributed by atoms with van der Waals surface area (Å²) < 4.78 is 7.77. The van der Waals surface area contributed by atoms with Crippen LogP contribution in [-0.4, -0.2) is 26.8 Å². The average molecular weight is 333 g/mol. The maximum Gasteiger partial charge on any atom is 0.169 e. The van der Waals surface area contributed by atoms with Gasteiger partial charge in [0.25, 0.3) is 0 Å². The lowest BCUT2D eigenvalue weighted by atomic mass is 10.0. The quantitative estimate of drug-likeness (QED) is 0.848. The molecule has 2 aromatic rings. The minimum absolute atomic E-state index is 0.515. The fourth-order valence-electron chi connectivity index (χ4n) is 1.45. The van der Waals surface area contributed by atoms with E-state index in [1.54, 1.807) is 37.9 Å². The molecule has 2 rings (SSSR count). The zero-order valence-corrected chi connectivity index (χ0v) is 11.4. The molecule has 2 aromatic heterocycles. The van der Waals surface area contributed by atoms with Crippen LogP contribution in [0.1, 0.15) is 19.5 Å². The van der Waals surface area contributed by atoms with Gasteiger partial charge in [0.2, 0.25) is 0 Å². The first-order valence-corrected chi connectivity index (χ1v) is 5.82. The van der Waals surface area contributed by atoms with Crippen LogP contribution in [0, 0.1) is 3.57 Å². The van der Waals surface area contributed by atoms with Crippen LogP contribution in [0.15, 0.2) is 12.4 Å².